The van der Waals surface area contributed by atoms with Gasteiger partial charge in [0.05, 0.1) is 16.8 Å². The third-order valence-corrected chi connectivity index (χ3v) is 4.45. The molecule has 1 N–H and O–H groups in total. The number of anilines is 1. The molecule has 1 aliphatic rings. The number of amides is 1. The number of carbonyl (C=O) groups is 1. The summed E-state index contributed by atoms with van der Waals surface area (Å²) < 4.78 is 56.7. The highest BCUT2D eigenvalue weighted by molar-refractivity contribution is 6.62. The lowest BCUT2D eigenvalue weighted by atomic mass is 9.78. The van der Waals surface area contributed by atoms with E-state index in [9.17, 15) is 18.0 Å². The number of carbonyl (C=O) groups excluding carboxylic acids is 1. The van der Waals surface area contributed by atoms with Crippen LogP contribution in [-0.4, -0.2) is 30.0 Å². The number of halogens is 3. The van der Waals surface area contributed by atoms with Gasteiger partial charge in [0.2, 0.25) is 0 Å². The maximum absolute atomic E-state index is 13.3. The van der Waals surface area contributed by atoms with Crippen molar-refractivity contribution >= 4 is 24.4 Å². The molecule has 0 unspecified atom stereocenters. The van der Waals surface area contributed by atoms with E-state index in [1.165, 1.54) is 6.07 Å². The number of ether oxygens (including phenoxy) is 1. The van der Waals surface area contributed by atoms with Crippen molar-refractivity contribution in [3.8, 4) is 0 Å². The van der Waals surface area contributed by atoms with Gasteiger partial charge in [-0.05, 0) is 66.1 Å². The van der Waals surface area contributed by atoms with Gasteiger partial charge in [-0.25, -0.2) is 4.79 Å². The summed E-state index contributed by atoms with van der Waals surface area (Å²) in [6, 6.07) is 3.20. The molecule has 1 saturated heterocycles. The molecule has 1 aliphatic heterocycles. The van der Waals surface area contributed by atoms with Gasteiger partial charge in [0.1, 0.15) is 5.60 Å². The van der Waals surface area contributed by atoms with Crippen molar-refractivity contribution in [1.82, 2.24) is 0 Å². The number of benzene rings is 1. The molecule has 0 saturated carbocycles. The topological polar surface area (TPSA) is 56.8 Å². The quantitative estimate of drug-likeness (QED) is 0.767. The highest BCUT2D eigenvalue weighted by Crippen LogP contribution is 2.37. The van der Waals surface area contributed by atoms with E-state index in [1.807, 2.05) is 0 Å². The minimum absolute atomic E-state index is 0.0520. The van der Waals surface area contributed by atoms with Crippen LogP contribution in [0.4, 0.5) is 23.7 Å². The molecule has 0 atom stereocenters. The van der Waals surface area contributed by atoms with Crippen LogP contribution >= 0.6 is 0 Å². The van der Waals surface area contributed by atoms with Gasteiger partial charge in [0.25, 0.3) is 0 Å². The Kier molecular flexibility index (Phi) is 5.35. The Morgan fingerprint density at radius 3 is 2.00 bits per heavy atom. The van der Waals surface area contributed by atoms with Gasteiger partial charge in [-0.3, -0.25) is 5.32 Å². The summed E-state index contributed by atoms with van der Waals surface area (Å²) in [7, 11) is -0.989. The van der Waals surface area contributed by atoms with Crippen LogP contribution in [0.3, 0.4) is 0 Å². The minimum Gasteiger partial charge on any atom is -0.444 e. The molecule has 150 valence electrons. The average molecular weight is 387 g/mol. The summed E-state index contributed by atoms with van der Waals surface area (Å²) in [5.74, 6) is 0. The summed E-state index contributed by atoms with van der Waals surface area (Å²) in [5, 5.41) is 2.34. The van der Waals surface area contributed by atoms with E-state index in [0.29, 0.717) is 0 Å². The number of alkyl halides is 3. The van der Waals surface area contributed by atoms with Gasteiger partial charge in [-0.2, -0.15) is 13.2 Å². The standard InChI is InChI=1S/C18H25BF3NO4/c1-15(2,3)25-14(24)23-13-9-11(18(20,21)22)8-12(10-13)19-26-16(4,5)17(6,7)27-19/h8-10H,1-7H3,(H,23,24). The van der Waals surface area contributed by atoms with Gasteiger partial charge in [0, 0.05) is 5.69 Å². The van der Waals surface area contributed by atoms with Crippen molar-refractivity contribution in [3.05, 3.63) is 23.8 Å². The predicted octanol–water partition coefficient (Wildman–Crippen LogP) is 4.35. The van der Waals surface area contributed by atoms with Crippen molar-refractivity contribution in [2.75, 3.05) is 5.32 Å². The van der Waals surface area contributed by atoms with E-state index in [2.05, 4.69) is 5.32 Å². The first-order valence-corrected chi connectivity index (χ1v) is 8.58. The van der Waals surface area contributed by atoms with Crippen molar-refractivity contribution in [2.45, 2.75) is 71.4 Å². The molecule has 5 nitrogen and oxygen atoms in total. The lowest BCUT2D eigenvalue weighted by molar-refractivity contribution is -0.137. The SMILES string of the molecule is CC(C)(C)OC(=O)Nc1cc(B2OC(C)(C)C(C)(C)O2)cc(C(F)(F)F)c1. The Labute approximate surface area is 157 Å². The predicted molar refractivity (Wildman–Crippen MR) is 97.0 cm³/mol. The van der Waals surface area contributed by atoms with E-state index < -0.39 is 41.8 Å². The molecule has 1 amide bonds. The fourth-order valence-corrected chi connectivity index (χ4v) is 2.42. The number of rotatable bonds is 2. The summed E-state index contributed by atoms with van der Waals surface area (Å²) >= 11 is 0. The zero-order valence-corrected chi connectivity index (χ0v) is 16.6. The molecule has 1 aromatic rings. The molecule has 27 heavy (non-hydrogen) atoms. The van der Waals surface area contributed by atoms with Gasteiger partial charge >= 0.3 is 19.4 Å². The van der Waals surface area contributed by atoms with E-state index in [0.717, 1.165) is 12.1 Å². The van der Waals surface area contributed by atoms with Crippen LogP contribution in [0.1, 0.15) is 54.0 Å². The Morgan fingerprint density at radius 1 is 1.04 bits per heavy atom. The molecule has 1 aromatic carbocycles. The van der Waals surface area contributed by atoms with Crippen LogP contribution in [-0.2, 0) is 20.2 Å². The molecular weight excluding hydrogens is 362 g/mol. The third-order valence-electron chi connectivity index (χ3n) is 4.45. The normalized spacial score (nSPS) is 19.1. The first-order chi connectivity index (χ1) is 12.0. The maximum Gasteiger partial charge on any atom is 0.494 e. The lowest BCUT2D eigenvalue weighted by Gasteiger charge is -2.32. The maximum atomic E-state index is 13.3. The molecule has 9 heteroatoms. The second kappa shape index (κ2) is 6.70. The Balaban J connectivity index is 2.37. The number of hydrogen-bond acceptors (Lipinski definition) is 4. The molecule has 0 spiro atoms. The molecular formula is C18H25BF3NO4. The smallest absolute Gasteiger partial charge is 0.444 e. The van der Waals surface area contributed by atoms with Gasteiger partial charge < -0.3 is 14.0 Å². The van der Waals surface area contributed by atoms with Crippen molar-refractivity contribution in [1.29, 1.82) is 0 Å². The molecule has 0 aromatic heterocycles. The van der Waals surface area contributed by atoms with Crippen LogP contribution in [0.25, 0.3) is 0 Å². The van der Waals surface area contributed by atoms with Crippen LogP contribution in [0.2, 0.25) is 0 Å². The second-order valence-corrected chi connectivity index (χ2v) is 8.56. The Morgan fingerprint density at radius 2 is 1.56 bits per heavy atom. The van der Waals surface area contributed by atoms with E-state index in [1.54, 1.807) is 48.5 Å². The summed E-state index contributed by atoms with van der Waals surface area (Å²) in [4.78, 5) is 12.0. The van der Waals surface area contributed by atoms with Crippen LogP contribution in [0.15, 0.2) is 18.2 Å². The van der Waals surface area contributed by atoms with Crippen LogP contribution in [0, 0.1) is 0 Å². The molecule has 1 heterocycles. The van der Waals surface area contributed by atoms with Crippen LogP contribution < -0.4 is 10.8 Å². The number of nitrogens with one attached hydrogen (secondary N) is 1. The van der Waals surface area contributed by atoms with E-state index in [4.69, 9.17) is 14.0 Å². The molecule has 1 fully saturated rings. The van der Waals surface area contributed by atoms with Crippen molar-refractivity contribution < 1.29 is 32.0 Å². The monoisotopic (exact) mass is 387 g/mol. The summed E-state index contributed by atoms with van der Waals surface area (Å²) in [6.07, 6.45) is -5.44. The van der Waals surface area contributed by atoms with Crippen molar-refractivity contribution in [2.24, 2.45) is 0 Å². The first kappa shape index (κ1) is 21.6. The fraction of sp³-hybridized carbons (Fsp3) is 0.611. The van der Waals surface area contributed by atoms with Crippen LogP contribution in [0.5, 0.6) is 0 Å². The van der Waals surface area contributed by atoms with E-state index >= 15 is 0 Å². The second-order valence-electron chi connectivity index (χ2n) is 8.56. The average Bonchev–Trinajstić information content (AvgIpc) is 2.64. The number of hydrogen-bond donors (Lipinski definition) is 1. The Bertz CT molecular complexity index is 710. The van der Waals surface area contributed by atoms with Crippen molar-refractivity contribution in [3.63, 3.8) is 0 Å². The third kappa shape index (κ3) is 5.16. The summed E-state index contributed by atoms with van der Waals surface area (Å²) in [5.41, 5.74) is -2.99. The lowest BCUT2D eigenvalue weighted by Crippen LogP contribution is -2.41. The van der Waals surface area contributed by atoms with Gasteiger partial charge in [-0.15, -0.1) is 0 Å². The molecule has 0 bridgehead atoms. The zero-order valence-electron chi connectivity index (χ0n) is 16.6. The van der Waals surface area contributed by atoms with Gasteiger partial charge in [0.15, 0.2) is 0 Å². The fourth-order valence-electron chi connectivity index (χ4n) is 2.42. The van der Waals surface area contributed by atoms with Gasteiger partial charge in [-0.1, -0.05) is 6.07 Å². The largest absolute Gasteiger partial charge is 0.494 e. The Hall–Kier alpha value is -1.74. The molecule has 0 aliphatic carbocycles. The molecule has 0 radical (unpaired) electrons. The first-order valence-electron chi connectivity index (χ1n) is 8.58. The van der Waals surface area contributed by atoms with E-state index in [-0.39, 0.29) is 11.2 Å². The minimum atomic E-state index is -4.59. The summed E-state index contributed by atoms with van der Waals surface area (Å²) in [6.45, 7) is 12.2. The highest BCUT2D eigenvalue weighted by atomic mass is 19.4. The zero-order chi connectivity index (χ0) is 20.8. The highest BCUT2D eigenvalue weighted by Gasteiger charge is 2.52. The molecule has 2 rings (SSSR count).